The summed E-state index contributed by atoms with van der Waals surface area (Å²) in [4.78, 5) is 12.2. The quantitative estimate of drug-likeness (QED) is 0.753. The van der Waals surface area contributed by atoms with Crippen molar-refractivity contribution >= 4 is 21.6 Å². The van der Waals surface area contributed by atoms with Gasteiger partial charge in [0.05, 0.1) is 12.7 Å². The van der Waals surface area contributed by atoms with Crippen LogP contribution in [0.4, 0.5) is 18.9 Å². The first-order chi connectivity index (χ1) is 12.9. The fraction of sp³-hybridized carbons (Fsp3) is 0.278. The van der Waals surface area contributed by atoms with Gasteiger partial charge in [-0.3, -0.25) is 4.79 Å². The van der Waals surface area contributed by atoms with E-state index < -0.39 is 33.7 Å². The van der Waals surface area contributed by atoms with E-state index in [9.17, 15) is 26.4 Å². The minimum atomic E-state index is -4.55. The lowest BCUT2D eigenvalue weighted by molar-refractivity contribution is -0.137. The predicted octanol–water partition coefficient (Wildman–Crippen LogP) is 3.65. The number of halogens is 3. The lowest BCUT2D eigenvalue weighted by atomic mass is 10.1. The Balaban J connectivity index is 2.36. The number of methoxy groups -OCH3 is 1. The van der Waals surface area contributed by atoms with Crippen molar-refractivity contribution in [2.24, 2.45) is 0 Å². The van der Waals surface area contributed by atoms with E-state index in [1.165, 1.54) is 25.3 Å². The molecule has 2 N–H and O–H groups in total. The molecule has 2 aromatic rings. The number of amides is 1. The van der Waals surface area contributed by atoms with Gasteiger partial charge in [-0.05, 0) is 50.2 Å². The number of ether oxygens (including phenoxy) is 1. The molecule has 0 radical (unpaired) electrons. The number of nitrogens with one attached hydrogen (secondary N) is 2. The van der Waals surface area contributed by atoms with Gasteiger partial charge in [0.1, 0.15) is 10.6 Å². The number of hydrogen-bond acceptors (Lipinski definition) is 4. The lowest BCUT2D eigenvalue weighted by Gasteiger charge is -2.14. The Morgan fingerprint density at radius 2 is 1.79 bits per heavy atom. The van der Waals surface area contributed by atoms with Crippen molar-refractivity contribution in [1.29, 1.82) is 0 Å². The zero-order valence-corrected chi connectivity index (χ0v) is 16.1. The maximum Gasteiger partial charge on any atom is 0.416 e. The molecule has 0 heterocycles. The third-order valence-electron chi connectivity index (χ3n) is 3.55. The number of benzene rings is 2. The molecular formula is C18H19F3N2O4S. The average Bonchev–Trinajstić information content (AvgIpc) is 2.59. The number of rotatable bonds is 6. The molecule has 0 bridgehead atoms. The Labute approximate surface area is 160 Å². The Hall–Kier alpha value is -2.59. The fourth-order valence-electron chi connectivity index (χ4n) is 2.38. The summed E-state index contributed by atoms with van der Waals surface area (Å²) in [7, 11) is -2.68. The minimum Gasteiger partial charge on any atom is -0.495 e. The first-order valence-electron chi connectivity index (χ1n) is 8.13. The van der Waals surface area contributed by atoms with E-state index in [1.54, 1.807) is 13.8 Å². The van der Waals surface area contributed by atoms with E-state index in [0.29, 0.717) is 0 Å². The third kappa shape index (κ3) is 5.23. The number of carbonyl (C=O) groups excluding carboxylic acids is 1. The summed E-state index contributed by atoms with van der Waals surface area (Å²) in [5.41, 5.74) is -1.04. The molecular weight excluding hydrogens is 397 g/mol. The number of hydrogen-bond donors (Lipinski definition) is 2. The highest BCUT2D eigenvalue weighted by Gasteiger charge is 2.30. The van der Waals surface area contributed by atoms with Gasteiger partial charge >= 0.3 is 6.18 Å². The number of carbonyl (C=O) groups is 1. The molecule has 6 nitrogen and oxygen atoms in total. The normalized spacial score (nSPS) is 12.1. The van der Waals surface area contributed by atoms with Gasteiger partial charge in [0, 0.05) is 17.3 Å². The van der Waals surface area contributed by atoms with Crippen LogP contribution in [0.15, 0.2) is 47.4 Å². The predicted molar refractivity (Wildman–Crippen MR) is 97.8 cm³/mol. The Morgan fingerprint density at radius 1 is 1.11 bits per heavy atom. The van der Waals surface area contributed by atoms with Crippen LogP contribution >= 0.6 is 0 Å². The van der Waals surface area contributed by atoms with Crippen molar-refractivity contribution in [1.82, 2.24) is 4.72 Å². The van der Waals surface area contributed by atoms with E-state index in [-0.39, 0.29) is 21.9 Å². The van der Waals surface area contributed by atoms with Crippen molar-refractivity contribution in [3.05, 3.63) is 53.6 Å². The second-order valence-electron chi connectivity index (χ2n) is 6.17. The zero-order valence-electron chi connectivity index (χ0n) is 15.3. The third-order valence-corrected chi connectivity index (χ3v) is 5.23. The summed E-state index contributed by atoms with van der Waals surface area (Å²) < 4.78 is 70.8. The molecule has 0 unspecified atom stereocenters. The molecule has 0 fully saturated rings. The van der Waals surface area contributed by atoms with Gasteiger partial charge < -0.3 is 10.1 Å². The van der Waals surface area contributed by atoms with E-state index >= 15 is 0 Å². The topological polar surface area (TPSA) is 84.5 Å². The molecule has 28 heavy (non-hydrogen) atoms. The van der Waals surface area contributed by atoms with Crippen LogP contribution in [0.3, 0.4) is 0 Å². The maximum absolute atomic E-state index is 12.8. The Kier molecular flexibility index (Phi) is 6.35. The van der Waals surface area contributed by atoms with E-state index in [1.807, 2.05) is 0 Å². The van der Waals surface area contributed by atoms with Gasteiger partial charge in [-0.25, -0.2) is 13.1 Å². The molecule has 2 rings (SSSR count). The number of sulfonamides is 1. The largest absolute Gasteiger partial charge is 0.495 e. The van der Waals surface area contributed by atoms with E-state index in [0.717, 1.165) is 24.3 Å². The van der Waals surface area contributed by atoms with E-state index in [4.69, 9.17) is 4.74 Å². The van der Waals surface area contributed by atoms with Crippen LogP contribution in [-0.4, -0.2) is 27.5 Å². The molecule has 2 aromatic carbocycles. The highest BCUT2D eigenvalue weighted by atomic mass is 32.2. The van der Waals surface area contributed by atoms with Gasteiger partial charge in [0.2, 0.25) is 10.0 Å². The van der Waals surface area contributed by atoms with Crippen molar-refractivity contribution in [2.45, 2.75) is 31.0 Å². The molecule has 0 saturated heterocycles. The first kappa shape index (κ1) is 21.7. The summed E-state index contributed by atoms with van der Waals surface area (Å²) in [6, 6.07) is 7.46. The summed E-state index contributed by atoms with van der Waals surface area (Å²) >= 11 is 0. The smallest absolute Gasteiger partial charge is 0.416 e. The monoisotopic (exact) mass is 416 g/mol. The van der Waals surface area contributed by atoms with Crippen molar-refractivity contribution in [2.75, 3.05) is 12.4 Å². The highest BCUT2D eigenvalue weighted by molar-refractivity contribution is 7.89. The maximum atomic E-state index is 12.8. The number of alkyl halides is 3. The zero-order chi connectivity index (χ0) is 21.1. The van der Waals surface area contributed by atoms with Crippen LogP contribution in [0, 0.1) is 0 Å². The molecule has 0 spiro atoms. The summed E-state index contributed by atoms with van der Waals surface area (Å²) in [5.74, 6) is -0.730. The van der Waals surface area contributed by atoms with Crippen LogP contribution < -0.4 is 14.8 Å². The van der Waals surface area contributed by atoms with Gasteiger partial charge in [-0.1, -0.05) is 6.07 Å². The standard InChI is InChI=1S/C18H19F3N2O4S/c1-11(2)23-28(25,26)16-9-12(7-8-15(16)27-3)17(24)22-14-6-4-5-13(10-14)18(19,20)21/h4-11,23H,1-3H3,(H,22,24). The van der Waals surface area contributed by atoms with Crippen LogP contribution in [0.25, 0.3) is 0 Å². The van der Waals surface area contributed by atoms with E-state index in [2.05, 4.69) is 10.0 Å². The molecule has 0 aliphatic rings. The Morgan fingerprint density at radius 3 is 2.36 bits per heavy atom. The molecule has 0 aromatic heterocycles. The van der Waals surface area contributed by atoms with Gasteiger partial charge in [0.15, 0.2) is 0 Å². The molecule has 0 aliphatic heterocycles. The molecule has 0 saturated carbocycles. The number of anilines is 1. The van der Waals surface area contributed by atoms with Crippen LogP contribution in [0.5, 0.6) is 5.75 Å². The van der Waals surface area contributed by atoms with Crippen LogP contribution in [0.2, 0.25) is 0 Å². The highest BCUT2D eigenvalue weighted by Crippen LogP contribution is 2.31. The second-order valence-corrected chi connectivity index (χ2v) is 7.86. The van der Waals surface area contributed by atoms with Crippen LogP contribution in [0.1, 0.15) is 29.8 Å². The van der Waals surface area contributed by atoms with Crippen molar-refractivity contribution < 1.29 is 31.1 Å². The minimum absolute atomic E-state index is 0.0313. The van der Waals surface area contributed by atoms with Crippen molar-refractivity contribution in [3.8, 4) is 5.75 Å². The molecule has 10 heteroatoms. The summed E-state index contributed by atoms with van der Waals surface area (Å²) in [5, 5.41) is 2.33. The summed E-state index contributed by atoms with van der Waals surface area (Å²) in [6.07, 6.45) is -4.55. The summed E-state index contributed by atoms with van der Waals surface area (Å²) in [6.45, 7) is 3.27. The molecule has 0 atom stereocenters. The lowest BCUT2D eigenvalue weighted by Crippen LogP contribution is -2.30. The van der Waals surface area contributed by atoms with Gasteiger partial charge in [-0.2, -0.15) is 13.2 Å². The molecule has 1 amide bonds. The van der Waals surface area contributed by atoms with Gasteiger partial charge in [-0.15, -0.1) is 0 Å². The van der Waals surface area contributed by atoms with Gasteiger partial charge in [0.25, 0.3) is 5.91 Å². The fourth-order valence-corrected chi connectivity index (χ4v) is 3.82. The average molecular weight is 416 g/mol. The SMILES string of the molecule is COc1ccc(C(=O)Nc2cccc(C(F)(F)F)c2)cc1S(=O)(=O)NC(C)C. The first-order valence-corrected chi connectivity index (χ1v) is 9.61. The molecule has 0 aliphatic carbocycles. The Bertz CT molecular complexity index is 973. The van der Waals surface area contributed by atoms with Crippen molar-refractivity contribution in [3.63, 3.8) is 0 Å². The second kappa shape index (κ2) is 8.19. The van der Waals surface area contributed by atoms with Crippen LogP contribution in [-0.2, 0) is 16.2 Å². The molecule has 152 valence electrons.